The Labute approximate surface area is 109 Å². The summed E-state index contributed by atoms with van der Waals surface area (Å²) in [7, 11) is 1.69. The summed E-state index contributed by atoms with van der Waals surface area (Å²) in [5, 5.41) is 0. The normalized spacial score (nSPS) is 13.9. The molecule has 0 amide bonds. The van der Waals surface area contributed by atoms with Crippen molar-refractivity contribution in [2.24, 2.45) is 0 Å². The molecule has 2 aromatic rings. The third-order valence-corrected chi connectivity index (χ3v) is 3.55. The summed E-state index contributed by atoms with van der Waals surface area (Å²) in [5.41, 5.74) is 2.45. The van der Waals surface area contributed by atoms with Crippen LogP contribution < -0.4 is 4.74 Å². The Balaban J connectivity index is 2.17. The van der Waals surface area contributed by atoms with Gasteiger partial charge in [0.2, 0.25) is 0 Å². The van der Waals surface area contributed by atoms with Crippen LogP contribution in [-0.2, 0) is 0 Å². The first-order valence-corrected chi connectivity index (χ1v) is 6.27. The van der Waals surface area contributed by atoms with E-state index in [4.69, 9.17) is 4.74 Å². The van der Waals surface area contributed by atoms with E-state index < -0.39 is 0 Å². The standard InChI is InChI=1S/C16H19NO/c1-12(13(2)16-6-4-5-11-17-16)14-7-9-15(18-3)10-8-14/h4-13H,1-3H3/t12-,13-/m0/s1. The quantitative estimate of drug-likeness (QED) is 0.807. The smallest absolute Gasteiger partial charge is 0.118 e. The lowest BCUT2D eigenvalue weighted by atomic mass is 9.86. The molecule has 2 atom stereocenters. The van der Waals surface area contributed by atoms with Crippen molar-refractivity contribution in [2.75, 3.05) is 7.11 Å². The van der Waals surface area contributed by atoms with E-state index in [1.807, 2.05) is 30.5 Å². The Morgan fingerprint density at radius 2 is 1.67 bits per heavy atom. The van der Waals surface area contributed by atoms with E-state index in [0.717, 1.165) is 11.4 Å². The highest BCUT2D eigenvalue weighted by Gasteiger charge is 2.17. The van der Waals surface area contributed by atoms with Crippen LogP contribution in [0.4, 0.5) is 0 Å². The van der Waals surface area contributed by atoms with Gasteiger partial charge in [-0.15, -0.1) is 0 Å². The molecule has 0 spiro atoms. The SMILES string of the molecule is COc1ccc([C@@H](C)[C@H](C)c2ccccn2)cc1. The summed E-state index contributed by atoms with van der Waals surface area (Å²) in [6, 6.07) is 14.4. The molecule has 2 rings (SSSR count). The lowest BCUT2D eigenvalue weighted by Crippen LogP contribution is -2.06. The third-order valence-electron chi connectivity index (χ3n) is 3.55. The van der Waals surface area contributed by atoms with Crippen molar-refractivity contribution in [3.05, 3.63) is 59.9 Å². The number of pyridine rings is 1. The van der Waals surface area contributed by atoms with Crippen molar-refractivity contribution >= 4 is 0 Å². The summed E-state index contributed by atoms with van der Waals surface area (Å²) < 4.78 is 5.18. The molecule has 0 aliphatic carbocycles. The number of hydrogen-bond donors (Lipinski definition) is 0. The second kappa shape index (κ2) is 5.67. The van der Waals surface area contributed by atoms with E-state index in [9.17, 15) is 0 Å². The Kier molecular flexibility index (Phi) is 3.98. The maximum absolute atomic E-state index is 5.18. The average Bonchev–Trinajstić information content (AvgIpc) is 2.47. The molecule has 0 N–H and O–H groups in total. The number of nitrogens with zero attached hydrogens (tertiary/aromatic N) is 1. The molecule has 1 aromatic heterocycles. The van der Waals surface area contributed by atoms with Crippen LogP contribution in [0.1, 0.15) is 36.9 Å². The zero-order valence-electron chi connectivity index (χ0n) is 11.1. The van der Waals surface area contributed by atoms with E-state index in [1.165, 1.54) is 5.56 Å². The number of methoxy groups -OCH3 is 1. The van der Waals surface area contributed by atoms with E-state index in [2.05, 4.69) is 37.0 Å². The van der Waals surface area contributed by atoms with Gasteiger partial charge in [0.1, 0.15) is 5.75 Å². The highest BCUT2D eigenvalue weighted by atomic mass is 16.5. The van der Waals surface area contributed by atoms with Gasteiger partial charge in [-0.05, 0) is 35.7 Å². The molecule has 0 saturated heterocycles. The fraction of sp³-hybridized carbons (Fsp3) is 0.312. The van der Waals surface area contributed by atoms with Crippen LogP contribution in [0.3, 0.4) is 0 Å². The minimum Gasteiger partial charge on any atom is -0.497 e. The minimum atomic E-state index is 0.402. The monoisotopic (exact) mass is 241 g/mol. The number of aromatic nitrogens is 1. The molecule has 1 aromatic carbocycles. The van der Waals surface area contributed by atoms with Gasteiger partial charge in [-0.2, -0.15) is 0 Å². The Morgan fingerprint density at radius 3 is 2.22 bits per heavy atom. The van der Waals surface area contributed by atoms with Crippen molar-refractivity contribution in [2.45, 2.75) is 25.7 Å². The molecule has 2 nitrogen and oxygen atoms in total. The van der Waals surface area contributed by atoms with Crippen LogP contribution in [-0.4, -0.2) is 12.1 Å². The fourth-order valence-corrected chi connectivity index (χ4v) is 2.10. The fourth-order valence-electron chi connectivity index (χ4n) is 2.10. The second-order valence-corrected chi connectivity index (χ2v) is 4.61. The van der Waals surface area contributed by atoms with Gasteiger partial charge >= 0.3 is 0 Å². The van der Waals surface area contributed by atoms with Gasteiger partial charge in [0.05, 0.1) is 7.11 Å². The number of hydrogen-bond acceptors (Lipinski definition) is 2. The third kappa shape index (κ3) is 2.70. The molecule has 0 radical (unpaired) electrons. The average molecular weight is 241 g/mol. The van der Waals surface area contributed by atoms with Gasteiger partial charge in [0.15, 0.2) is 0 Å². The summed E-state index contributed by atoms with van der Waals surface area (Å²) in [6.07, 6.45) is 1.85. The zero-order chi connectivity index (χ0) is 13.0. The molecule has 1 heterocycles. The van der Waals surface area contributed by atoms with Crippen LogP contribution >= 0.6 is 0 Å². The topological polar surface area (TPSA) is 22.1 Å². The number of ether oxygens (including phenoxy) is 1. The predicted molar refractivity (Wildman–Crippen MR) is 74.1 cm³/mol. The lowest BCUT2D eigenvalue weighted by Gasteiger charge is -2.20. The molecule has 94 valence electrons. The predicted octanol–water partition coefficient (Wildman–Crippen LogP) is 4.00. The van der Waals surface area contributed by atoms with E-state index in [1.54, 1.807) is 7.11 Å². The molecular formula is C16H19NO. The second-order valence-electron chi connectivity index (χ2n) is 4.61. The number of benzene rings is 1. The van der Waals surface area contributed by atoms with Gasteiger partial charge < -0.3 is 4.74 Å². The molecule has 18 heavy (non-hydrogen) atoms. The van der Waals surface area contributed by atoms with Gasteiger partial charge in [0, 0.05) is 17.8 Å². The number of rotatable bonds is 4. The molecule has 0 bridgehead atoms. The summed E-state index contributed by atoms with van der Waals surface area (Å²) in [4.78, 5) is 4.43. The molecule has 0 aliphatic heterocycles. The highest BCUT2D eigenvalue weighted by molar-refractivity contribution is 5.31. The van der Waals surface area contributed by atoms with E-state index >= 15 is 0 Å². The van der Waals surface area contributed by atoms with Crippen molar-refractivity contribution in [1.29, 1.82) is 0 Å². The Morgan fingerprint density at radius 1 is 0.944 bits per heavy atom. The maximum atomic E-state index is 5.18. The van der Waals surface area contributed by atoms with E-state index in [0.29, 0.717) is 11.8 Å². The highest BCUT2D eigenvalue weighted by Crippen LogP contribution is 2.31. The lowest BCUT2D eigenvalue weighted by molar-refractivity contribution is 0.414. The summed E-state index contributed by atoms with van der Waals surface area (Å²) >= 11 is 0. The minimum absolute atomic E-state index is 0.402. The largest absolute Gasteiger partial charge is 0.497 e. The van der Waals surface area contributed by atoms with Gasteiger partial charge in [-0.3, -0.25) is 4.98 Å². The van der Waals surface area contributed by atoms with Crippen molar-refractivity contribution < 1.29 is 4.74 Å². The zero-order valence-corrected chi connectivity index (χ0v) is 11.1. The maximum Gasteiger partial charge on any atom is 0.118 e. The van der Waals surface area contributed by atoms with Gasteiger partial charge in [0.25, 0.3) is 0 Å². The van der Waals surface area contributed by atoms with Crippen LogP contribution in [0.15, 0.2) is 48.7 Å². The Hall–Kier alpha value is -1.83. The first-order valence-electron chi connectivity index (χ1n) is 6.27. The molecule has 0 fully saturated rings. The van der Waals surface area contributed by atoms with Crippen molar-refractivity contribution in [1.82, 2.24) is 4.98 Å². The first-order chi connectivity index (χ1) is 8.72. The van der Waals surface area contributed by atoms with Gasteiger partial charge in [-0.25, -0.2) is 0 Å². The molecule has 0 aliphatic rings. The molecular weight excluding hydrogens is 222 g/mol. The van der Waals surface area contributed by atoms with Crippen LogP contribution in [0, 0.1) is 0 Å². The van der Waals surface area contributed by atoms with E-state index in [-0.39, 0.29) is 0 Å². The Bertz CT molecular complexity index is 478. The summed E-state index contributed by atoms with van der Waals surface area (Å²) in [6.45, 7) is 4.46. The van der Waals surface area contributed by atoms with Crippen LogP contribution in [0.2, 0.25) is 0 Å². The molecule has 2 heteroatoms. The van der Waals surface area contributed by atoms with Crippen molar-refractivity contribution in [3.8, 4) is 5.75 Å². The van der Waals surface area contributed by atoms with Gasteiger partial charge in [-0.1, -0.05) is 32.0 Å². The molecule has 0 saturated carbocycles. The summed E-state index contributed by atoms with van der Waals surface area (Å²) in [5.74, 6) is 1.74. The van der Waals surface area contributed by atoms with Crippen LogP contribution in [0.5, 0.6) is 5.75 Å². The van der Waals surface area contributed by atoms with Crippen molar-refractivity contribution in [3.63, 3.8) is 0 Å². The van der Waals surface area contributed by atoms with Crippen LogP contribution in [0.25, 0.3) is 0 Å². The molecule has 0 unspecified atom stereocenters. The first kappa shape index (κ1) is 12.6.